The van der Waals surface area contributed by atoms with E-state index in [-0.39, 0.29) is 12.4 Å². The summed E-state index contributed by atoms with van der Waals surface area (Å²) >= 11 is 0. The molecule has 1 aliphatic rings. The SMILES string of the molecule is C=CO.O=C1CNCCOC1. The van der Waals surface area contributed by atoms with Gasteiger partial charge in [0.25, 0.3) is 0 Å². The number of rotatable bonds is 0. The van der Waals surface area contributed by atoms with Gasteiger partial charge in [-0.1, -0.05) is 6.58 Å². The summed E-state index contributed by atoms with van der Waals surface area (Å²) in [6.45, 7) is 5.13. The molecule has 1 aliphatic heterocycles. The van der Waals surface area contributed by atoms with E-state index in [1.807, 2.05) is 0 Å². The highest BCUT2D eigenvalue weighted by Gasteiger charge is 2.04. The van der Waals surface area contributed by atoms with E-state index in [2.05, 4.69) is 11.9 Å². The monoisotopic (exact) mass is 159 g/mol. The second kappa shape index (κ2) is 7.24. The summed E-state index contributed by atoms with van der Waals surface area (Å²) in [4.78, 5) is 10.5. The summed E-state index contributed by atoms with van der Waals surface area (Å²) in [6.07, 6.45) is 0.750. The highest BCUT2D eigenvalue weighted by atomic mass is 16.5. The van der Waals surface area contributed by atoms with Crippen molar-refractivity contribution in [2.24, 2.45) is 0 Å². The van der Waals surface area contributed by atoms with Gasteiger partial charge in [-0.25, -0.2) is 0 Å². The summed E-state index contributed by atoms with van der Waals surface area (Å²) in [6, 6.07) is 0. The van der Waals surface area contributed by atoms with Crippen molar-refractivity contribution in [1.29, 1.82) is 0 Å². The fourth-order valence-electron chi connectivity index (χ4n) is 0.609. The minimum absolute atomic E-state index is 0.141. The third-order valence-corrected chi connectivity index (χ3v) is 1.01. The van der Waals surface area contributed by atoms with Crippen LogP contribution in [0.1, 0.15) is 0 Å². The molecule has 0 aromatic carbocycles. The zero-order valence-corrected chi connectivity index (χ0v) is 6.38. The predicted molar refractivity (Wildman–Crippen MR) is 41.5 cm³/mol. The first-order chi connectivity index (χ1) is 5.31. The van der Waals surface area contributed by atoms with Gasteiger partial charge in [0.05, 0.1) is 19.4 Å². The average Bonchev–Trinajstić information content (AvgIpc) is 2.18. The van der Waals surface area contributed by atoms with Gasteiger partial charge in [-0.15, -0.1) is 0 Å². The molecule has 11 heavy (non-hydrogen) atoms. The van der Waals surface area contributed by atoms with Crippen molar-refractivity contribution >= 4 is 5.78 Å². The van der Waals surface area contributed by atoms with E-state index in [4.69, 9.17) is 9.84 Å². The van der Waals surface area contributed by atoms with Crippen molar-refractivity contribution in [1.82, 2.24) is 5.32 Å². The number of carbonyl (C=O) groups excluding carboxylic acids is 1. The fraction of sp³-hybridized carbons (Fsp3) is 0.571. The van der Waals surface area contributed by atoms with Crippen molar-refractivity contribution in [3.8, 4) is 0 Å². The van der Waals surface area contributed by atoms with Crippen LogP contribution in [-0.4, -0.2) is 37.2 Å². The van der Waals surface area contributed by atoms with Crippen LogP contribution in [0, 0.1) is 0 Å². The molecule has 0 bridgehead atoms. The van der Waals surface area contributed by atoms with Crippen molar-refractivity contribution in [2.45, 2.75) is 0 Å². The highest BCUT2D eigenvalue weighted by molar-refractivity contribution is 5.81. The zero-order valence-electron chi connectivity index (χ0n) is 6.38. The first-order valence-corrected chi connectivity index (χ1v) is 3.36. The maximum absolute atomic E-state index is 10.5. The van der Waals surface area contributed by atoms with Crippen molar-refractivity contribution in [3.05, 3.63) is 12.8 Å². The Morgan fingerprint density at radius 1 is 1.73 bits per heavy atom. The van der Waals surface area contributed by atoms with E-state index in [9.17, 15) is 4.79 Å². The number of Topliss-reactive ketones (excluding diaryl/α,β-unsaturated/α-hetero) is 1. The molecule has 0 saturated carbocycles. The summed E-state index contributed by atoms with van der Waals surface area (Å²) < 4.78 is 4.89. The van der Waals surface area contributed by atoms with Gasteiger partial charge in [-0.2, -0.15) is 0 Å². The molecule has 0 aromatic heterocycles. The van der Waals surface area contributed by atoms with E-state index in [1.165, 1.54) is 0 Å². The lowest BCUT2D eigenvalue weighted by Gasteiger charge is -1.90. The van der Waals surface area contributed by atoms with Crippen LogP contribution >= 0.6 is 0 Å². The number of ether oxygens (including phenoxy) is 1. The maximum Gasteiger partial charge on any atom is 0.172 e. The third-order valence-electron chi connectivity index (χ3n) is 1.01. The standard InChI is InChI=1S/C5H9NO2.C2H4O/c7-5-3-6-1-2-8-4-5;1-2-3/h6H,1-4H2;2-3H,1H2. The van der Waals surface area contributed by atoms with Crippen LogP contribution in [-0.2, 0) is 9.53 Å². The normalized spacial score (nSPS) is 17.6. The van der Waals surface area contributed by atoms with Gasteiger partial charge in [0.2, 0.25) is 0 Å². The molecule has 0 aliphatic carbocycles. The van der Waals surface area contributed by atoms with E-state index < -0.39 is 0 Å². The van der Waals surface area contributed by atoms with E-state index in [0.717, 1.165) is 12.8 Å². The van der Waals surface area contributed by atoms with E-state index >= 15 is 0 Å². The Balaban J connectivity index is 0.000000292. The first kappa shape index (κ1) is 10.1. The maximum atomic E-state index is 10.5. The molecular formula is C7H13NO3. The molecule has 4 heteroatoms. The lowest BCUT2D eigenvalue weighted by molar-refractivity contribution is -0.121. The number of nitrogens with one attached hydrogen (secondary N) is 1. The number of hydrogen-bond donors (Lipinski definition) is 2. The van der Waals surface area contributed by atoms with Crippen molar-refractivity contribution < 1.29 is 14.6 Å². The predicted octanol–water partition coefficient (Wildman–Crippen LogP) is -0.137. The lowest BCUT2D eigenvalue weighted by atomic mass is 10.4. The Morgan fingerprint density at radius 3 is 3.00 bits per heavy atom. The average molecular weight is 159 g/mol. The van der Waals surface area contributed by atoms with Gasteiger partial charge in [0.1, 0.15) is 6.61 Å². The summed E-state index contributed by atoms with van der Waals surface area (Å²) in [5, 5.41) is 10.3. The molecule has 1 rings (SSSR count). The number of aliphatic hydroxyl groups excluding tert-OH is 1. The second-order valence-electron chi connectivity index (χ2n) is 1.95. The van der Waals surface area contributed by atoms with Crippen LogP contribution in [0.3, 0.4) is 0 Å². The summed E-state index contributed by atoms with van der Waals surface area (Å²) in [5.74, 6) is 0.141. The molecule has 0 unspecified atom stereocenters. The number of aliphatic hydroxyl groups is 1. The fourth-order valence-corrected chi connectivity index (χ4v) is 0.609. The molecule has 0 spiro atoms. The Hall–Kier alpha value is -0.870. The minimum Gasteiger partial charge on any atom is -0.516 e. The summed E-state index contributed by atoms with van der Waals surface area (Å²) in [7, 11) is 0. The minimum atomic E-state index is 0.141. The smallest absolute Gasteiger partial charge is 0.172 e. The van der Waals surface area contributed by atoms with Crippen LogP contribution in [0.15, 0.2) is 12.8 Å². The highest BCUT2D eigenvalue weighted by Crippen LogP contribution is 1.80. The molecule has 0 amide bonds. The molecular weight excluding hydrogens is 146 g/mol. The van der Waals surface area contributed by atoms with Gasteiger partial charge in [-0.3, -0.25) is 4.79 Å². The Labute approximate surface area is 65.9 Å². The van der Waals surface area contributed by atoms with Gasteiger partial charge >= 0.3 is 0 Å². The van der Waals surface area contributed by atoms with Crippen LogP contribution in [0.4, 0.5) is 0 Å². The Kier molecular flexibility index (Phi) is 6.67. The quantitative estimate of drug-likeness (QED) is 0.483. The molecule has 1 saturated heterocycles. The molecule has 0 aromatic rings. The molecule has 64 valence electrons. The second-order valence-corrected chi connectivity index (χ2v) is 1.95. The van der Waals surface area contributed by atoms with Crippen LogP contribution in [0.5, 0.6) is 0 Å². The molecule has 4 nitrogen and oxygen atoms in total. The van der Waals surface area contributed by atoms with Gasteiger partial charge in [0.15, 0.2) is 5.78 Å². The molecule has 2 N–H and O–H groups in total. The van der Waals surface area contributed by atoms with Gasteiger partial charge in [0, 0.05) is 6.54 Å². The Bertz CT molecular complexity index is 115. The largest absolute Gasteiger partial charge is 0.516 e. The Morgan fingerprint density at radius 2 is 2.36 bits per heavy atom. The van der Waals surface area contributed by atoms with Crippen molar-refractivity contribution in [2.75, 3.05) is 26.3 Å². The molecule has 1 fully saturated rings. The number of ketones is 1. The third kappa shape index (κ3) is 7.02. The van der Waals surface area contributed by atoms with Gasteiger partial charge < -0.3 is 15.2 Å². The number of hydrogen-bond acceptors (Lipinski definition) is 4. The van der Waals surface area contributed by atoms with Crippen molar-refractivity contribution in [3.63, 3.8) is 0 Å². The molecule has 1 heterocycles. The van der Waals surface area contributed by atoms with E-state index in [0.29, 0.717) is 13.2 Å². The zero-order chi connectivity index (χ0) is 8.53. The van der Waals surface area contributed by atoms with Crippen LogP contribution < -0.4 is 5.32 Å². The molecule has 0 atom stereocenters. The topological polar surface area (TPSA) is 58.6 Å². The van der Waals surface area contributed by atoms with Gasteiger partial charge in [-0.05, 0) is 0 Å². The van der Waals surface area contributed by atoms with E-state index in [1.54, 1.807) is 0 Å². The lowest BCUT2D eigenvalue weighted by Crippen LogP contribution is -2.22. The first-order valence-electron chi connectivity index (χ1n) is 3.36. The van der Waals surface area contributed by atoms with Crippen LogP contribution in [0.2, 0.25) is 0 Å². The van der Waals surface area contributed by atoms with Crippen LogP contribution in [0.25, 0.3) is 0 Å². The summed E-state index contributed by atoms with van der Waals surface area (Å²) in [5.41, 5.74) is 0. The number of carbonyl (C=O) groups is 1. The molecule has 0 radical (unpaired) electrons.